The molecule has 0 bridgehead atoms. The molecule has 0 spiro atoms. The number of aromatic nitrogens is 3. The van der Waals surface area contributed by atoms with Crippen molar-refractivity contribution in [3.05, 3.63) is 28.2 Å². The van der Waals surface area contributed by atoms with Crippen molar-refractivity contribution in [3.8, 4) is 11.4 Å². The summed E-state index contributed by atoms with van der Waals surface area (Å²) in [7, 11) is 0. The highest BCUT2D eigenvalue weighted by atomic mass is 35.5. The van der Waals surface area contributed by atoms with Crippen LogP contribution in [0.5, 0.6) is 0 Å². The molecular formula is C22H28Cl2N4O3S. The molecule has 0 aliphatic carbocycles. The van der Waals surface area contributed by atoms with Crippen LogP contribution in [0, 0.1) is 11.8 Å². The number of piperidine rings is 1. The summed E-state index contributed by atoms with van der Waals surface area (Å²) in [5, 5.41) is 10.4. The van der Waals surface area contributed by atoms with E-state index in [4.69, 9.17) is 27.9 Å². The number of hydrogen-bond donors (Lipinski definition) is 0. The fourth-order valence-electron chi connectivity index (χ4n) is 3.64. The van der Waals surface area contributed by atoms with Gasteiger partial charge < -0.3 is 14.2 Å². The Kier molecular flexibility index (Phi) is 8.85. The summed E-state index contributed by atoms with van der Waals surface area (Å²) in [6.07, 6.45) is 1.27. The number of esters is 1. The van der Waals surface area contributed by atoms with Gasteiger partial charge in [-0.1, -0.05) is 48.8 Å². The average Bonchev–Trinajstić information content (AvgIpc) is 3.13. The van der Waals surface area contributed by atoms with E-state index < -0.39 is 0 Å². The van der Waals surface area contributed by atoms with E-state index in [9.17, 15) is 9.59 Å². The third kappa shape index (κ3) is 6.17. The number of carbonyl (C=O) groups is 2. The Morgan fingerprint density at radius 3 is 2.56 bits per heavy atom. The second-order valence-electron chi connectivity index (χ2n) is 8.13. The topological polar surface area (TPSA) is 77.3 Å². The Labute approximate surface area is 202 Å². The van der Waals surface area contributed by atoms with Crippen molar-refractivity contribution in [2.75, 3.05) is 25.4 Å². The second-order valence-corrected chi connectivity index (χ2v) is 9.92. The van der Waals surface area contributed by atoms with Gasteiger partial charge in [0.2, 0.25) is 5.91 Å². The van der Waals surface area contributed by atoms with Gasteiger partial charge in [0.05, 0.1) is 23.3 Å². The van der Waals surface area contributed by atoms with Crippen molar-refractivity contribution < 1.29 is 14.3 Å². The van der Waals surface area contributed by atoms with E-state index in [1.807, 2.05) is 15.5 Å². The van der Waals surface area contributed by atoms with E-state index in [1.165, 1.54) is 11.8 Å². The predicted molar refractivity (Wildman–Crippen MR) is 127 cm³/mol. The van der Waals surface area contributed by atoms with Crippen LogP contribution < -0.4 is 0 Å². The van der Waals surface area contributed by atoms with E-state index in [0.29, 0.717) is 66.0 Å². The summed E-state index contributed by atoms with van der Waals surface area (Å²) in [5.41, 5.74) is 0.753. The van der Waals surface area contributed by atoms with Crippen LogP contribution in [-0.2, 0) is 20.9 Å². The zero-order valence-electron chi connectivity index (χ0n) is 18.5. The lowest BCUT2D eigenvalue weighted by atomic mass is 9.97. The largest absolute Gasteiger partial charge is 0.466 e. The zero-order valence-corrected chi connectivity index (χ0v) is 20.8. The highest BCUT2D eigenvalue weighted by Gasteiger charge is 2.28. The molecule has 10 heteroatoms. The Bertz CT molecular complexity index is 959. The van der Waals surface area contributed by atoms with Gasteiger partial charge in [-0.2, -0.15) is 0 Å². The van der Waals surface area contributed by atoms with E-state index in [1.54, 1.807) is 19.1 Å². The molecule has 1 saturated heterocycles. The lowest BCUT2D eigenvalue weighted by molar-refractivity contribution is -0.151. The van der Waals surface area contributed by atoms with Crippen LogP contribution in [0.3, 0.4) is 0 Å². The molecule has 0 atom stereocenters. The van der Waals surface area contributed by atoms with Crippen LogP contribution in [0.4, 0.5) is 0 Å². The first kappa shape index (κ1) is 24.9. The van der Waals surface area contributed by atoms with Crippen LogP contribution >= 0.6 is 35.0 Å². The van der Waals surface area contributed by atoms with Crippen LogP contribution in [0.25, 0.3) is 11.4 Å². The highest BCUT2D eigenvalue weighted by Crippen LogP contribution is 2.32. The molecule has 32 heavy (non-hydrogen) atoms. The van der Waals surface area contributed by atoms with E-state index in [-0.39, 0.29) is 23.5 Å². The summed E-state index contributed by atoms with van der Waals surface area (Å²) in [5.74, 6) is 1.02. The summed E-state index contributed by atoms with van der Waals surface area (Å²) in [6, 6.07) is 5.29. The van der Waals surface area contributed by atoms with Crippen molar-refractivity contribution in [2.24, 2.45) is 11.8 Å². The molecule has 174 valence electrons. The maximum absolute atomic E-state index is 12.8. The van der Waals surface area contributed by atoms with Gasteiger partial charge in [-0.3, -0.25) is 9.59 Å². The Morgan fingerprint density at radius 1 is 1.22 bits per heavy atom. The van der Waals surface area contributed by atoms with Crippen LogP contribution in [-0.4, -0.2) is 57.0 Å². The number of likely N-dealkylation sites (tertiary alicyclic amines) is 1. The van der Waals surface area contributed by atoms with E-state index in [2.05, 4.69) is 24.0 Å². The van der Waals surface area contributed by atoms with Crippen LogP contribution in [0.1, 0.15) is 33.6 Å². The smallest absolute Gasteiger partial charge is 0.309 e. The Morgan fingerprint density at radius 2 is 1.94 bits per heavy atom. The molecular weight excluding hydrogens is 471 g/mol. The fraction of sp³-hybridized carbons (Fsp3) is 0.545. The summed E-state index contributed by atoms with van der Waals surface area (Å²) in [6.45, 7) is 8.23. The standard InChI is InChI=1S/C22H28Cl2N4O3S/c1-4-31-21(30)15-7-9-27(10-8-15)19(29)13-32-22-26-25-20(28(22)12-14(2)3)17-6-5-16(23)11-18(17)24/h5-6,11,14-15H,4,7-10,12-13H2,1-3H3. The van der Waals surface area contributed by atoms with E-state index in [0.717, 1.165) is 5.56 Å². The molecule has 0 N–H and O–H groups in total. The number of benzene rings is 1. The van der Waals surface area contributed by atoms with Crippen molar-refractivity contribution >= 4 is 46.8 Å². The summed E-state index contributed by atoms with van der Waals surface area (Å²) in [4.78, 5) is 26.5. The zero-order chi connectivity index (χ0) is 23.3. The fourth-order valence-corrected chi connectivity index (χ4v) is 4.98. The van der Waals surface area contributed by atoms with Gasteiger partial charge in [0.1, 0.15) is 0 Å². The summed E-state index contributed by atoms with van der Waals surface area (Å²) < 4.78 is 7.10. The van der Waals surface area contributed by atoms with Gasteiger partial charge in [-0.05, 0) is 43.9 Å². The third-order valence-corrected chi connectivity index (χ3v) is 6.73. The number of hydrogen-bond acceptors (Lipinski definition) is 6. The van der Waals surface area contributed by atoms with Crippen molar-refractivity contribution in [3.63, 3.8) is 0 Å². The van der Waals surface area contributed by atoms with Crippen LogP contribution in [0.2, 0.25) is 10.0 Å². The first-order valence-corrected chi connectivity index (χ1v) is 12.5. The minimum atomic E-state index is -0.163. The molecule has 7 nitrogen and oxygen atoms in total. The third-order valence-electron chi connectivity index (χ3n) is 5.23. The number of thioether (sulfide) groups is 1. The molecule has 3 rings (SSSR count). The normalized spacial score (nSPS) is 14.8. The lowest BCUT2D eigenvalue weighted by Crippen LogP contribution is -2.41. The molecule has 1 aromatic heterocycles. The van der Waals surface area contributed by atoms with Gasteiger partial charge in [-0.25, -0.2) is 0 Å². The molecule has 2 aromatic rings. The Hall–Kier alpha value is -1.77. The molecule has 0 unspecified atom stereocenters. The van der Waals surface area contributed by atoms with Crippen molar-refractivity contribution in [1.29, 1.82) is 0 Å². The van der Waals surface area contributed by atoms with Crippen molar-refractivity contribution in [1.82, 2.24) is 19.7 Å². The number of amides is 1. The maximum Gasteiger partial charge on any atom is 0.309 e. The first-order valence-electron chi connectivity index (χ1n) is 10.8. The molecule has 0 saturated carbocycles. The van der Waals surface area contributed by atoms with Gasteiger partial charge in [0.25, 0.3) is 0 Å². The Balaban J connectivity index is 1.67. The van der Waals surface area contributed by atoms with E-state index >= 15 is 0 Å². The monoisotopic (exact) mass is 498 g/mol. The quantitative estimate of drug-likeness (QED) is 0.384. The van der Waals surface area contributed by atoms with Gasteiger partial charge in [0.15, 0.2) is 11.0 Å². The minimum absolute atomic E-state index is 0.0301. The van der Waals surface area contributed by atoms with Crippen molar-refractivity contribution in [2.45, 2.75) is 45.3 Å². The predicted octanol–water partition coefficient (Wildman–Crippen LogP) is 4.80. The number of halogens is 2. The highest BCUT2D eigenvalue weighted by molar-refractivity contribution is 7.99. The molecule has 2 heterocycles. The number of nitrogens with zero attached hydrogens (tertiary/aromatic N) is 4. The second kappa shape index (κ2) is 11.4. The summed E-state index contributed by atoms with van der Waals surface area (Å²) >= 11 is 13.8. The van der Waals surface area contributed by atoms with Crippen LogP contribution in [0.15, 0.2) is 23.4 Å². The number of ether oxygens (including phenoxy) is 1. The van der Waals surface area contributed by atoms with Gasteiger partial charge in [0, 0.05) is 30.2 Å². The van der Waals surface area contributed by atoms with Gasteiger partial charge in [-0.15, -0.1) is 10.2 Å². The SMILES string of the molecule is CCOC(=O)C1CCN(C(=O)CSc2nnc(-c3ccc(Cl)cc3Cl)n2CC(C)C)CC1. The molecule has 1 aliphatic rings. The molecule has 1 aromatic carbocycles. The number of rotatable bonds is 8. The molecule has 1 amide bonds. The maximum atomic E-state index is 12.8. The lowest BCUT2D eigenvalue weighted by Gasteiger charge is -2.30. The molecule has 1 fully saturated rings. The number of carbonyl (C=O) groups excluding carboxylic acids is 2. The molecule has 1 aliphatic heterocycles. The molecule has 0 radical (unpaired) electrons. The van der Waals surface area contributed by atoms with Gasteiger partial charge >= 0.3 is 5.97 Å². The average molecular weight is 499 g/mol. The minimum Gasteiger partial charge on any atom is -0.466 e. The first-order chi connectivity index (χ1) is 15.3.